The zero-order valence-electron chi connectivity index (χ0n) is 14.5. The van der Waals surface area contributed by atoms with Gasteiger partial charge in [-0.1, -0.05) is 26.0 Å². The van der Waals surface area contributed by atoms with Gasteiger partial charge in [-0.15, -0.1) is 0 Å². The van der Waals surface area contributed by atoms with E-state index in [9.17, 15) is 16.8 Å². The number of hydrogen-bond donors (Lipinski definition) is 1. The van der Waals surface area contributed by atoms with Crippen LogP contribution < -0.4 is 4.72 Å². The highest BCUT2D eigenvalue weighted by Gasteiger charge is 2.32. The normalized spacial score (nSPS) is 13.9. The second kappa shape index (κ2) is 7.72. The molecule has 1 aromatic heterocycles. The van der Waals surface area contributed by atoms with Crippen LogP contribution in [0.4, 0.5) is 0 Å². The Morgan fingerprint density at radius 1 is 1.04 bits per heavy atom. The second-order valence-electron chi connectivity index (χ2n) is 6.02. The van der Waals surface area contributed by atoms with E-state index in [1.54, 1.807) is 30.3 Å². The van der Waals surface area contributed by atoms with Gasteiger partial charge in [0.2, 0.25) is 10.0 Å². The fraction of sp³-hybridized carbons (Fsp3) is 0.412. The van der Waals surface area contributed by atoms with Gasteiger partial charge in [0.15, 0.2) is 9.84 Å². The summed E-state index contributed by atoms with van der Waals surface area (Å²) in [5.41, 5.74) is 1.03. The molecule has 1 heterocycles. The fourth-order valence-electron chi connectivity index (χ4n) is 2.35. The predicted octanol–water partition coefficient (Wildman–Crippen LogP) is 2.86. The molecule has 0 bridgehead atoms. The van der Waals surface area contributed by atoms with Gasteiger partial charge in [-0.3, -0.25) is 0 Å². The van der Waals surface area contributed by atoms with Crippen molar-refractivity contribution in [3.8, 4) is 0 Å². The van der Waals surface area contributed by atoms with E-state index in [-0.39, 0.29) is 28.9 Å². The number of nitrogens with one attached hydrogen (secondary N) is 1. The van der Waals surface area contributed by atoms with E-state index in [0.29, 0.717) is 0 Å². The molecule has 0 amide bonds. The quantitative estimate of drug-likeness (QED) is 0.754. The molecule has 1 atom stereocenters. The first kappa shape index (κ1) is 19.7. The molecular weight excluding hydrogens is 362 g/mol. The van der Waals surface area contributed by atoms with Crippen LogP contribution in [0.1, 0.15) is 43.3 Å². The van der Waals surface area contributed by atoms with E-state index in [0.717, 1.165) is 5.56 Å². The van der Waals surface area contributed by atoms with Gasteiger partial charge in [0.1, 0.15) is 11.0 Å². The highest BCUT2D eigenvalue weighted by Crippen LogP contribution is 2.30. The van der Waals surface area contributed by atoms with Crippen LogP contribution in [0.2, 0.25) is 0 Å². The third kappa shape index (κ3) is 4.71. The minimum Gasteiger partial charge on any atom is -0.468 e. The maximum Gasteiger partial charge on any atom is 0.211 e. The Bertz CT molecular complexity index is 883. The number of sulfone groups is 1. The van der Waals surface area contributed by atoms with Crippen LogP contribution >= 0.6 is 0 Å². The van der Waals surface area contributed by atoms with Crippen molar-refractivity contribution in [2.75, 3.05) is 12.3 Å². The second-order valence-corrected chi connectivity index (χ2v) is 10.3. The minimum atomic E-state index is -3.82. The summed E-state index contributed by atoms with van der Waals surface area (Å²) in [6.07, 6.45) is 1.37. The number of benzene rings is 1. The Hall–Kier alpha value is -1.64. The zero-order valence-corrected chi connectivity index (χ0v) is 16.1. The molecule has 0 aliphatic carbocycles. The molecule has 1 aromatic carbocycles. The Morgan fingerprint density at radius 3 is 2.16 bits per heavy atom. The molecule has 0 aliphatic rings. The van der Waals surface area contributed by atoms with Crippen LogP contribution in [0.15, 0.2) is 52.0 Å². The lowest BCUT2D eigenvalue weighted by atomic mass is 10.0. The van der Waals surface area contributed by atoms with Crippen LogP contribution in [0.3, 0.4) is 0 Å². The number of rotatable bonds is 8. The molecule has 6 nitrogen and oxygen atoms in total. The van der Waals surface area contributed by atoms with Gasteiger partial charge in [0.05, 0.1) is 16.9 Å². The monoisotopic (exact) mass is 385 g/mol. The lowest BCUT2D eigenvalue weighted by Gasteiger charge is -2.17. The number of sulfonamides is 1. The van der Waals surface area contributed by atoms with E-state index >= 15 is 0 Å². The third-order valence-electron chi connectivity index (χ3n) is 3.98. The average molecular weight is 386 g/mol. The van der Waals surface area contributed by atoms with E-state index in [4.69, 9.17) is 4.42 Å². The van der Waals surface area contributed by atoms with Crippen molar-refractivity contribution in [1.29, 1.82) is 0 Å². The van der Waals surface area contributed by atoms with Gasteiger partial charge >= 0.3 is 0 Å². The van der Waals surface area contributed by atoms with E-state index in [2.05, 4.69) is 4.72 Å². The van der Waals surface area contributed by atoms with Gasteiger partial charge in [-0.2, -0.15) is 0 Å². The van der Waals surface area contributed by atoms with Crippen molar-refractivity contribution < 1.29 is 21.3 Å². The maximum atomic E-state index is 13.0. The Kier molecular flexibility index (Phi) is 6.08. The smallest absolute Gasteiger partial charge is 0.211 e. The van der Waals surface area contributed by atoms with Gasteiger partial charge in [0.25, 0.3) is 0 Å². The maximum absolute atomic E-state index is 13.0. The van der Waals surface area contributed by atoms with Gasteiger partial charge < -0.3 is 4.42 Å². The summed E-state index contributed by atoms with van der Waals surface area (Å²) in [5.74, 6) is 0.363. The molecule has 0 radical (unpaired) electrons. The van der Waals surface area contributed by atoms with Crippen LogP contribution in [-0.4, -0.2) is 29.1 Å². The highest BCUT2D eigenvalue weighted by molar-refractivity contribution is 7.92. The summed E-state index contributed by atoms with van der Waals surface area (Å²) in [6, 6.07) is 9.75. The van der Waals surface area contributed by atoms with Crippen molar-refractivity contribution in [1.82, 2.24) is 4.72 Å². The molecule has 1 N–H and O–H groups in total. The average Bonchev–Trinajstić information content (AvgIpc) is 3.09. The molecule has 8 heteroatoms. The summed E-state index contributed by atoms with van der Waals surface area (Å²) >= 11 is 0. The van der Waals surface area contributed by atoms with Crippen LogP contribution in [-0.2, 0) is 19.9 Å². The van der Waals surface area contributed by atoms with Crippen molar-refractivity contribution in [2.45, 2.75) is 36.8 Å². The Balaban J connectivity index is 2.38. The van der Waals surface area contributed by atoms with Crippen molar-refractivity contribution in [2.24, 2.45) is 0 Å². The highest BCUT2D eigenvalue weighted by atomic mass is 32.2. The molecule has 25 heavy (non-hydrogen) atoms. The Morgan fingerprint density at radius 2 is 1.68 bits per heavy atom. The van der Waals surface area contributed by atoms with Gasteiger partial charge in [0, 0.05) is 6.54 Å². The van der Waals surface area contributed by atoms with Crippen LogP contribution in [0, 0.1) is 0 Å². The molecule has 0 aliphatic heterocycles. The fourth-order valence-corrected chi connectivity index (χ4v) is 4.67. The molecule has 0 saturated heterocycles. The molecule has 138 valence electrons. The molecule has 0 spiro atoms. The van der Waals surface area contributed by atoms with E-state index < -0.39 is 25.1 Å². The lowest BCUT2D eigenvalue weighted by molar-refractivity contribution is 0.486. The largest absolute Gasteiger partial charge is 0.468 e. The van der Waals surface area contributed by atoms with Crippen molar-refractivity contribution in [3.63, 3.8) is 0 Å². The van der Waals surface area contributed by atoms with Gasteiger partial charge in [-0.25, -0.2) is 21.6 Å². The van der Waals surface area contributed by atoms with E-state index in [1.165, 1.54) is 19.3 Å². The first-order valence-electron chi connectivity index (χ1n) is 8.02. The summed E-state index contributed by atoms with van der Waals surface area (Å²) < 4.78 is 57.1. The number of furan rings is 1. The summed E-state index contributed by atoms with van der Waals surface area (Å²) in [5, 5.41) is -1.13. The molecule has 2 rings (SSSR count). The standard InChI is InChI=1S/C17H23NO5S2/c1-4-24(19,20)18-12-17(16-6-5-11-23-16)25(21,22)15-9-7-14(8-10-15)13(2)3/h5-11,13,17-18H,4,12H2,1-3H3/t17-/m0/s1. The van der Waals surface area contributed by atoms with Crippen LogP contribution in [0.25, 0.3) is 0 Å². The molecule has 0 saturated carbocycles. The molecule has 0 fully saturated rings. The van der Waals surface area contributed by atoms with Crippen molar-refractivity contribution >= 4 is 19.9 Å². The molecule has 0 unspecified atom stereocenters. The lowest BCUT2D eigenvalue weighted by Crippen LogP contribution is -2.32. The predicted molar refractivity (Wildman–Crippen MR) is 96.6 cm³/mol. The molecular formula is C17H23NO5S2. The first-order chi connectivity index (χ1) is 11.7. The zero-order chi connectivity index (χ0) is 18.7. The number of hydrogen-bond acceptors (Lipinski definition) is 5. The minimum absolute atomic E-state index is 0.124. The van der Waals surface area contributed by atoms with E-state index in [1.807, 2.05) is 13.8 Å². The topological polar surface area (TPSA) is 93.4 Å². The SMILES string of the molecule is CCS(=O)(=O)NC[C@@H](c1ccco1)S(=O)(=O)c1ccc(C(C)C)cc1. The van der Waals surface area contributed by atoms with Gasteiger partial charge in [-0.05, 0) is 42.7 Å². The van der Waals surface area contributed by atoms with Crippen molar-refractivity contribution in [3.05, 3.63) is 54.0 Å². The van der Waals surface area contributed by atoms with Crippen LogP contribution in [0.5, 0.6) is 0 Å². The Labute approximate surface area is 149 Å². The third-order valence-corrected chi connectivity index (χ3v) is 7.42. The summed E-state index contributed by atoms with van der Waals surface area (Å²) in [6.45, 7) is 5.25. The summed E-state index contributed by atoms with van der Waals surface area (Å²) in [7, 11) is -7.34. The molecule has 2 aromatic rings. The summed E-state index contributed by atoms with van der Waals surface area (Å²) in [4.78, 5) is 0.133. The first-order valence-corrected chi connectivity index (χ1v) is 11.2.